The van der Waals surface area contributed by atoms with Crippen LogP contribution < -0.4 is 20.7 Å². The van der Waals surface area contributed by atoms with E-state index in [1.807, 2.05) is 0 Å². The van der Waals surface area contributed by atoms with Crippen molar-refractivity contribution in [2.24, 2.45) is 5.14 Å². The molecule has 0 saturated carbocycles. The minimum absolute atomic E-state index is 0.0143. The summed E-state index contributed by atoms with van der Waals surface area (Å²) in [5.41, 5.74) is 0.184. The molecule has 0 amide bonds. The summed E-state index contributed by atoms with van der Waals surface area (Å²) in [6, 6.07) is 7.08. The smallest absolute Gasteiger partial charge is 0.247 e. The molecule has 3 rings (SSSR count). The molecule has 24 heavy (non-hydrogen) atoms. The van der Waals surface area contributed by atoms with Gasteiger partial charge in [0.1, 0.15) is 9.79 Å². The normalized spacial score (nSPS) is 15.4. The Balaban J connectivity index is 0.000000249. The number of benzene rings is 1. The number of rotatable bonds is 1. The summed E-state index contributed by atoms with van der Waals surface area (Å²) in [7, 11) is -7.80. The Kier molecular flexibility index (Phi) is 5.30. The van der Waals surface area contributed by atoms with Crippen LogP contribution in [0.25, 0.3) is 0 Å². The molecule has 2 heterocycles. The minimum Gasteiger partial charge on any atom is -0.370 e. The highest BCUT2D eigenvalue weighted by Gasteiger charge is 2.26. The highest BCUT2D eigenvalue weighted by molar-refractivity contribution is 7.90. The van der Waals surface area contributed by atoms with E-state index in [1.54, 1.807) is 18.3 Å². The fraction of sp³-hybridized carbons (Fsp3) is 0.0833. The molecule has 5 N–H and O–H groups in total. The number of anilines is 1. The first-order chi connectivity index (χ1) is 11.1. The molecule has 1 aliphatic heterocycles. The number of primary sulfonamides is 1. The Labute approximate surface area is 142 Å². The largest absolute Gasteiger partial charge is 0.370 e. The summed E-state index contributed by atoms with van der Waals surface area (Å²) < 4.78 is 47.9. The number of aromatic nitrogens is 1. The quantitative estimate of drug-likeness (QED) is 0.537. The number of H-pyrrole nitrogens is 1. The molecule has 0 bridgehead atoms. The second-order valence-corrected chi connectivity index (χ2v) is 8.22. The maximum atomic E-state index is 11.6. The number of pyridine rings is 1. The van der Waals surface area contributed by atoms with Crippen molar-refractivity contribution in [3.63, 3.8) is 0 Å². The number of hydrogen-bond donors (Lipinski definition) is 4. The standard InChI is InChI=1S/C7H8ClN3O4S2.C5H5NO/c8-4-1-5-7(2-6(4)16(9,12)13)17(14,15)11-3-10-5;7-5-3-1-2-4-6-5/h1-2,10-11H,3H2,(H2,9,12,13);1-4H,(H,6,7). The molecule has 12 heteroatoms. The number of nitrogens with two attached hydrogens (primary N) is 1. The van der Waals surface area contributed by atoms with Crippen LogP contribution in [0.15, 0.2) is 51.1 Å². The average Bonchev–Trinajstić information content (AvgIpc) is 2.46. The molecule has 0 spiro atoms. The van der Waals surface area contributed by atoms with Crippen LogP contribution in [0.5, 0.6) is 0 Å². The zero-order chi connectivity index (χ0) is 18.0. The molecule has 0 fully saturated rings. The summed E-state index contributed by atoms with van der Waals surface area (Å²) in [4.78, 5) is 12.1. The van der Waals surface area contributed by atoms with E-state index in [1.165, 1.54) is 12.1 Å². The van der Waals surface area contributed by atoms with Crippen molar-refractivity contribution in [3.8, 4) is 0 Å². The van der Waals surface area contributed by atoms with E-state index >= 15 is 0 Å². The van der Waals surface area contributed by atoms with Crippen molar-refractivity contribution in [2.75, 3.05) is 12.0 Å². The summed E-state index contributed by atoms with van der Waals surface area (Å²) in [6.45, 7) is 0.0143. The third-order valence-corrected chi connectivity index (χ3v) is 5.67. The van der Waals surface area contributed by atoms with Crippen molar-refractivity contribution in [1.82, 2.24) is 9.71 Å². The average molecular weight is 393 g/mol. The molecule has 0 saturated heterocycles. The van der Waals surface area contributed by atoms with Crippen molar-refractivity contribution < 1.29 is 16.8 Å². The summed E-state index contributed by atoms with van der Waals surface area (Å²) >= 11 is 5.72. The van der Waals surface area contributed by atoms with Crippen molar-refractivity contribution in [1.29, 1.82) is 0 Å². The molecular formula is C12H13ClN4O5S2. The molecule has 1 aromatic carbocycles. The topological polar surface area (TPSA) is 151 Å². The van der Waals surface area contributed by atoms with E-state index in [4.69, 9.17) is 16.7 Å². The van der Waals surface area contributed by atoms with Crippen molar-refractivity contribution in [2.45, 2.75) is 9.79 Å². The van der Waals surface area contributed by atoms with Crippen molar-refractivity contribution in [3.05, 3.63) is 51.9 Å². The van der Waals surface area contributed by atoms with Gasteiger partial charge >= 0.3 is 0 Å². The Morgan fingerprint density at radius 3 is 2.42 bits per heavy atom. The SMILES string of the molecule is NS(=O)(=O)c1cc2c(cc1Cl)NCNS2(=O)=O.O=c1cccc[nH]1. The lowest BCUT2D eigenvalue weighted by Crippen LogP contribution is -2.34. The van der Waals surface area contributed by atoms with E-state index in [9.17, 15) is 21.6 Å². The third kappa shape index (κ3) is 4.33. The zero-order valence-electron chi connectivity index (χ0n) is 12.0. The predicted octanol–water partition coefficient (Wildman–Crippen LogP) is 0.0236. The van der Waals surface area contributed by atoms with Gasteiger partial charge < -0.3 is 10.3 Å². The van der Waals surface area contributed by atoms with E-state index in [-0.39, 0.29) is 27.8 Å². The van der Waals surface area contributed by atoms with Gasteiger partial charge in [-0.2, -0.15) is 4.72 Å². The fourth-order valence-electron chi connectivity index (χ4n) is 1.79. The Morgan fingerprint density at radius 1 is 1.21 bits per heavy atom. The molecule has 1 aromatic heterocycles. The van der Waals surface area contributed by atoms with Gasteiger partial charge in [-0.25, -0.2) is 22.0 Å². The first-order valence-corrected chi connectivity index (χ1v) is 9.75. The van der Waals surface area contributed by atoms with Gasteiger partial charge in [-0.15, -0.1) is 0 Å². The van der Waals surface area contributed by atoms with Crippen LogP contribution in [0.2, 0.25) is 5.02 Å². The second kappa shape index (κ2) is 6.91. The van der Waals surface area contributed by atoms with E-state index in [2.05, 4.69) is 15.0 Å². The van der Waals surface area contributed by atoms with Crippen LogP contribution in [0, 0.1) is 0 Å². The molecule has 0 aliphatic carbocycles. The molecule has 0 radical (unpaired) electrons. The highest BCUT2D eigenvalue weighted by Crippen LogP contribution is 2.32. The first kappa shape index (κ1) is 18.4. The Bertz CT molecular complexity index is 1000. The summed E-state index contributed by atoms with van der Waals surface area (Å²) in [6.07, 6.45) is 1.60. The van der Waals surface area contributed by atoms with Crippen LogP contribution in [0.1, 0.15) is 0 Å². The predicted molar refractivity (Wildman–Crippen MR) is 88.7 cm³/mol. The number of nitrogens with one attached hydrogen (secondary N) is 3. The summed E-state index contributed by atoms with van der Waals surface area (Å²) in [5.74, 6) is 0. The highest BCUT2D eigenvalue weighted by atomic mass is 35.5. The number of hydrogen-bond acceptors (Lipinski definition) is 6. The third-order valence-electron chi connectivity index (χ3n) is 2.85. The zero-order valence-corrected chi connectivity index (χ0v) is 14.4. The van der Waals surface area contributed by atoms with E-state index in [0.29, 0.717) is 0 Å². The van der Waals surface area contributed by atoms with Gasteiger partial charge in [-0.05, 0) is 18.2 Å². The van der Waals surface area contributed by atoms with E-state index in [0.717, 1.165) is 6.07 Å². The lowest BCUT2D eigenvalue weighted by Gasteiger charge is -2.20. The van der Waals surface area contributed by atoms with Crippen LogP contribution >= 0.6 is 11.6 Å². The monoisotopic (exact) mass is 392 g/mol. The van der Waals surface area contributed by atoms with Gasteiger partial charge in [0.25, 0.3) is 0 Å². The molecule has 9 nitrogen and oxygen atoms in total. The Hall–Kier alpha value is -1.92. The van der Waals surface area contributed by atoms with Gasteiger partial charge in [0.15, 0.2) is 0 Å². The van der Waals surface area contributed by atoms with Gasteiger partial charge in [0.05, 0.1) is 17.4 Å². The lowest BCUT2D eigenvalue weighted by molar-refractivity contribution is 0.581. The molecule has 130 valence electrons. The summed E-state index contributed by atoms with van der Waals surface area (Å²) in [5, 5.41) is 7.53. The van der Waals surface area contributed by atoms with Crippen LogP contribution in [-0.2, 0) is 20.0 Å². The van der Waals surface area contributed by atoms with Gasteiger partial charge in [0.2, 0.25) is 25.6 Å². The molecule has 0 atom stereocenters. The van der Waals surface area contributed by atoms with Crippen LogP contribution in [0.3, 0.4) is 0 Å². The van der Waals surface area contributed by atoms with Gasteiger partial charge in [-0.1, -0.05) is 17.7 Å². The Morgan fingerprint density at radius 2 is 1.92 bits per heavy atom. The van der Waals surface area contributed by atoms with Crippen LogP contribution in [0.4, 0.5) is 5.69 Å². The van der Waals surface area contributed by atoms with Gasteiger partial charge in [0, 0.05) is 12.3 Å². The molecule has 1 aliphatic rings. The maximum Gasteiger partial charge on any atom is 0.247 e. The lowest BCUT2D eigenvalue weighted by atomic mass is 10.3. The van der Waals surface area contributed by atoms with Crippen LogP contribution in [-0.4, -0.2) is 28.5 Å². The molecular weight excluding hydrogens is 380 g/mol. The van der Waals surface area contributed by atoms with Gasteiger partial charge in [-0.3, -0.25) is 4.79 Å². The minimum atomic E-state index is -4.07. The maximum absolute atomic E-state index is 11.6. The molecule has 2 aromatic rings. The molecule has 0 unspecified atom stereocenters. The second-order valence-electron chi connectivity index (χ2n) is 4.55. The fourth-order valence-corrected chi connectivity index (χ4v) is 4.08. The van der Waals surface area contributed by atoms with Crippen molar-refractivity contribution >= 4 is 37.3 Å². The first-order valence-electron chi connectivity index (χ1n) is 6.35. The number of fused-ring (bicyclic) bond motifs is 1. The number of halogens is 1. The number of aromatic amines is 1. The number of sulfonamides is 2. The van der Waals surface area contributed by atoms with E-state index < -0.39 is 24.9 Å².